The van der Waals surface area contributed by atoms with E-state index in [1.807, 2.05) is 0 Å². The minimum Gasteiger partial charge on any atom is -0.342 e. The predicted octanol–water partition coefficient (Wildman–Crippen LogP) is 1.63. The van der Waals surface area contributed by atoms with Gasteiger partial charge in [0.15, 0.2) is 0 Å². The van der Waals surface area contributed by atoms with E-state index in [0.717, 1.165) is 51.1 Å². The molecule has 1 N–H and O–H groups in total. The lowest BCUT2D eigenvalue weighted by Gasteiger charge is -2.25. The molecule has 2 rings (SSSR count). The van der Waals surface area contributed by atoms with Gasteiger partial charge in [-0.2, -0.15) is 0 Å². The van der Waals surface area contributed by atoms with Gasteiger partial charge in [0.1, 0.15) is 0 Å². The van der Waals surface area contributed by atoms with Crippen LogP contribution in [0.4, 0.5) is 0 Å². The molecule has 2 aliphatic heterocycles. The van der Waals surface area contributed by atoms with Crippen LogP contribution >= 0.6 is 24.8 Å². The summed E-state index contributed by atoms with van der Waals surface area (Å²) in [5, 5.41) is 3.47. The molecule has 0 bridgehead atoms. The fraction of sp³-hybridized carbons (Fsp3) is 0.929. The summed E-state index contributed by atoms with van der Waals surface area (Å²) < 4.78 is 0. The second kappa shape index (κ2) is 9.82. The van der Waals surface area contributed by atoms with Crippen LogP contribution in [-0.2, 0) is 4.79 Å². The SMILES string of the molecule is CCN(CC)CC(=O)N1CC[C@@H]2CNC[C@@H]2CC1.Cl.Cl. The first-order valence-electron chi connectivity index (χ1n) is 7.45. The number of nitrogens with zero attached hydrogens (tertiary/aromatic N) is 2. The summed E-state index contributed by atoms with van der Waals surface area (Å²) in [4.78, 5) is 16.6. The Kier molecular flexibility index (Phi) is 9.81. The molecule has 0 aromatic carbocycles. The maximum Gasteiger partial charge on any atom is 0.236 e. The van der Waals surface area contributed by atoms with Crippen molar-refractivity contribution in [2.24, 2.45) is 11.8 Å². The molecule has 0 radical (unpaired) electrons. The summed E-state index contributed by atoms with van der Waals surface area (Å²) >= 11 is 0. The summed E-state index contributed by atoms with van der Waals surface area (Å²) in [5.74, 6) is 1.93. The maximum absolute atomic E-state index is 12.3. The van der Waals surface area contributed by atoms with E-state index in [1.165, 1.54) is 12.8 Å². The Labute approximate surface area is 135 Å². The van der Waals surface area contributed by atoms with Crippen LogP contribution in [0.3, 0.4) is 0 Å². The van der Waals surface area contributed by atoms with Crippen molar-refractivity contribution in [1.29, 1.82) is 0 Å². The van der Waals surface area contributed by atoms with Crippen molar-refractivity contribution in [2.45, 2.75) is 26.7 Å². The van der Waals surface area contributed by atoms with Gasteiger partial charge in [-0.3, -0.25) is 9.69 Å². The second-order valence-electron chi connectivity index (χ2n) is 5.60. The molecule has 2 heterocycles. The number of fused-ring (bicyclic) bond motifs is 1. The molecule has 4 nitrogen and oxygen atoms in total. The fourth-order valence-electron chi connectivity index (χ4n) is 3.21. The Morgan fingerprint density at radius 1 is 1.10 bits per heavy atom. The first kappa shape index (κ1) is 20.0. The molecule has 2 atom stereocenters. The van der Waals surface area contributed by atoms with E-state index >= 15 is 0 Å². The summed E-state index contributed by atoms with van der Waals surface area (Å²) in [7, 11) is 0. The highest BCUT2D eigenvalue weighted by Gasteiger charge is 2.31. The number of halogens is 2. The highest BCUT2D eigenvalue weighted by atomic mass is 35.5. The van der Waals surface area contributed by atoms with E-state index in [1.54, 1.807) is 0 Å². The van der Waals surface area contributed by atoms with Crippen molar-refractivity contribution in [3.8, 4) is 0 Å². The maximum atomic E-state index is 12.3. The smallest absolute Gasteiger partial charge is 0.236 e. The first-order chi connectivity index (χ1) is 8.74. The standard InChI is InChI=1S/C14H27N3O.2ClH/c1-3-16(4-2)11-14(18)17-7-5-12-9-15-10-13(12)6-8-17;;/h12-13,15H,3-11H2,1-2H3;2*1H/t12-,13+;;. The first-order valence-corrected chi connectivity index (χ1v) is 7.45. The normalized spacial score (nSPS) is 25.4. The van der Waals surface area contributed by atoms with Crippen molar-refractivity contribution in [1.82, 2.24) is 15.1 Å². The molecule has 0 spiro atoms. The number of likely N-dealkylation sites (tertiary alicyclic amines) is 1. The van der Waals surface area contributed by atoms with Crippen molar-refractivity contribution in [3.05, 3.63) is 0 Å². The van der Waals surface area contributed by atoms with Crippen molar-refractivity contribution < 1.29 is 4.79 Å². The lowest BCUT2D eigenvalue weighted by molar-refractivity contribution is -0.132. The lowest BCUT2D eigenvalue weighted by Crippen LogP contribution is -2.41. The quantitative estimate of drug-likeness (QED) is 0.853. The molecule has 0 saturated carbocycles. The molecule has 0 aromatic heterocycles. The van der Waals surface area contributed by atoms with E-state index in [9.17, 15) is 4.79 Å². The van der Waals surface area contributed by atoms with Crippen LogP contribution in [0, 0.1) is 11.8 Å². The van der Waals surface area contributed by atoms with Crippen LogP contribution < -0.4 is 5.32 Å². The molecule has 2 aliphatic rings. The number of rotatable bonds is 4. The van der Waals surface area contributed by atoms with Gasteiger partial charge in [0.05, 0.1) is 6.54 Å². The Balaban J connectivity index is 0.00000180. The van der Waals surface area contributed by atoms with Crippen LogP contribution in [-0.4, -0.2) is 61.5 Å². The Morgan fingerprint density at radius 2 is 1.60 bits per heavy atom. The van der Waals surface area contributed by atoms with E-state index in [4.69, 9.17) is 0 Å². The van der Waals surface area contributed by atoms with Crippen molar-refractivity contribution >= 4 is 30.7 Å². The third-order valence-corrected chi connectivity index (χ3v) is 4.63. The molecule has 2 saturated heterocycles. The molecule has 6 heteroatoms. The van der Waals surface area contributed by atoms with Gasteiger partial charge in [0.25, 0.3) is 0 Å². The van der Waals surface area contributed by atoms with Crippen molar-refractivity contribution in [2.75, 3.05) is 45.8 Å². The topological polar surface area (TPSA) is 35.6 Å². The zero-order valence-electron chi connectivity index (χ0n) is 12.6. The van der Waals surface area contributed by atoms with Crippen LogP contribution in [0.2, 0.25) is 0 Å². The minimum absolute atomic E-state index is 0. The fourth-order valence-corrected chi connectivity index (χ4v) is 3.21. The molecule has 0 aromatic rings. The Morgan fingerprint density at radius 3 is 2.05 bits per heavy atom. The zero-order valence-corrected chi connectivity index (χ0v) is 14.3. The minimum atomic E-state index is 0. The van der Waals surface area contributed by atoms with Crippen molar-refractivity contribution in [3.63, 3.8) is 0 Å². The molecule has 0 aliphatic carbocycles. The molecule has 120 valence electrons. The highest BCUT2D eigenvalue weighted by Crippen LogP contribution is 2.27. The average Bonchev–Trinajstić information content (AvgIpc) is 2.74. The van der Waals surface area contributed by atoms with Gasteiger partial charge in [-0.15, -0.1) is 24.8 Å². The molecule has 0 unspecified atom stereocenters. The summed E-state index contributed by atoms with van der Waals surface area (Å²) in [6.07, 6.45) is 2.36. The number of likely N-dealkylation sites (N-methyl/N-ethyl adjacent to an activating group) is 1. The Hall–Kier alpha value is -0.0300. The second-order valence-corrected chi connectivity index (χ2v) is 5.60. The number of amides is 1. The van der Waals surface area contributed by atoms with E-state index in [0.29, 0.717) is 12.5 Å². The average molecular weight is 326 g/mol. The molecular formula is C14H29Cl2N3O. The number of hydrogen-bond acceptors (Lipinski definition) is 3. The number of nitrogens with one attached hydrogen (secondary N) is 1. The van der Waals surface area contributed by atoms with E-state index in [-0.39, 0.29) is 24.8 Å². The predicted molar refractivity (Wildman–Crippen MR) is 87.9 cm³/mol. The van der Waals surface area contributed by atoms with Gasteiger partial charge < -0.3 is 10.2 Å². The Bertz CT molecular complexity index is 274. The van der Waals surface area contributed by atoms with Crippen LogP contribution in [0.15, 0.2) is 0 Å². The lowest BCUT2D eigenvalue weighted by atomic mass is 9.92. The van der Waals surface area contributed by atoms with Crippen LogP contribution in [0.1, 0.15) is 26.7 Å². The van der Waals surface area contributed by atoms with E-state index < -0.39 is 0 Å². The summed E-state index contributed by atoms with van der Waals surface area (Å²) in [6, 6.07) is 0. The summed E-state index contributed by atoms with van der Waals surface area (Å²) in [5.41, 5.74) is 0. The number of carbonyl (C=O) groups excluding carboxylic acids is 1. The number of carbonyl (C=O) groups is 1. The van der Waals surface area contributed by atoms with Gasteiger partial charge in [0, 0.05) is 13.1 Å². The summed E-state index contributed by atoms with van der Waals surface area (Å²) in [6.45, 7) is 11.0. The zero-order chi connectivity index (χ0) is 13.0. The molecular weight excluding hydrogens is 297 g/mol. The largest absolute Gasteiger partial charge is 0.342 e. The van der Waals surface area contributed by atoms with Gasteiger partial charge in [0.2, 0.25) is 5.91 Å². The van der Waals surface area contributed by atoms with Gasteiger partial charge >= 0.3 is 0 Å². The van der Waals surface area contributed by atoms with Gasteiger partial charge in [-0.25, -0.2) is 0 Å². The van der Waals surface area contributed by atoms with E-state index in [2.05, 4.69) is 29.0 Å². The number of hydrogen-bond donors (Lipinski definition) is 1. The highest BCUT2D eigenvalue weighted by molar-refractivity contribution is 5.85. The van der Waals surface area contributed by atoms with Gasteiger partial charge in [-0.1, -0.05) is 13.8 Å². The third-order valence-electron chi connectivity index (χ3n) is 4.63. The van der Waals surface area contributed by atoms with Crippen LogP contribution in [0.5, 0.6) is 0 Å². The molecule has 1 amide bonds. The molecule has 2 fully saturated rings. The monoisotopic (exact) mass is 325 g/mol. The van der Waals surface area contributed by atoms with Gasteiger partial charge in [-0.05, 0) is 50.9 Å². The third kappa shape index (κ3) is 5.06. The van der Waals surface area contributed by atoms with Crippen LogP contribution in [0.25, 0.3) is 0 Å². The molecule has 20 heavy (non-hydrogen) atoms.